The maximum atomic E-state index is 15.7. The quantitative estimate of drug-likeness (QED) is 0.269. The number of thioether (sulfide) groups is 1. The minimum absolute atomic E-state index is 0.00252. The Hall–Kier alpha value is -3.60. The fraction of sp³-hybridized carbons (Fsp3) is 0.543. The summed E-state index contributed by atoms with van der Waals surface area (Å²) in [6.45, 7) is 7.07. The first-order chi connectivity index (χ1) is 23.5. The second-order valence-corrected chi connectivity index (χ2v) is 15.2. The van der Waals surface area contributed by atoms with Gasteiger partial charge in [-0.05, 0) is 45.7 Å². The van der Waals surface area contributed by atoms with Crippen LogP contribution in [0.25, 0.3) is 0 Å². The van der Waals surface area contributed by atoms with Gasteiger partial charge in [-0.25, -0.2) is 8.78 Å². The van der Waals surface area contributed by atoms with Crippen molar-refractivity contribution in [3.63, 3.8) is 0 Å². The van der Waals surface area contributed by atoms with Crippen molar-refractivity contribution in [3.05, 3.63) is 56.2 Å². The highest BCUT2D eigenvalue weighted by molar-refractivity contribution is 7.98. The lowest BCUT2D eigenvalue weighted by molar-refractivity contribution is 0.0820. The standard InChI is InChI=1S/C35H41ClF2N8O2S/c1-5-8-21-13-24(39)30(38)28(29(21)36)27-14-25-23(18-49-27)32(41-34(40-25)48-19-35-9-6-11-45(35)16-22(37)15-35)44-10-7-12-46-26(17-44)20(2)31(42-46)33(47)43(3)4/h13,22,27H,6-7,9-12,14-19,39H2,1-4H3/t22-,27?,35+/m1/s1. The molecule has 0 spiro atoms. The average Bonchev–Trinajstić information content (AvgIpc) is 3.64. The van der Waals surface area contributed by atoms with Crippen molar-refractivity contribution < 1.29 is 18.3 Å². The number of nitrogens with two attached hydrogens (primary N) is 1. The molecule has 7 rings (SSSR count). The van der Waals surface area contributed by atoms with E-state index in [4.69, 9.17) is 37.1 Å². The third-order valence-electron chi connectivity index (χ3n) is 10.3. The maximum absolute atomic E-state index is 15.7. The van der Waals surface area contributed by atoms with Gasteiger partial charge in [-0.15, -0.1) is 17.7 Å². The molecule has 2 N–H and O–H groups in total. The number of amides is 1. The summed E-state index contributed by atoms with van der Waals surface area (Å²) in [4.78, 5) is 28.8. The molecule has 2 fully saturated rings. The highest BCUT2D eigenvalue weighted by Crippen LogP contribution is 2.48. The number of anilines is 2. The number of benzene rings is 1. The van der Waals surface area contributed by atoms with Crippen LogP contribution >= 0.6 is 23.4 Å². The summed E-state index contributed by atoms with van der Waals surface area (Å²) >= 11 is 8.34. The van der Waals surface area contributed by atoms with Crippen molar-refractivity contribution >= 4 is 40.8 Å². The number of ether oxygens (including phenoxy) is 1. The number of fused-ring (bicyclic) bond motifs is 3. The fourth-order valence-electron chi connectivity index (χ4n) is 7.82. The molecule has 14 heteroatoms. The summed E-state index contributed by atoms with van der Waals surface area (Å²) in [5.41, 5.74) is 10.5. The number of alkyl halides is 1. The summed E-state index contributed by atoms with van der Waals surface area (Å²) in [5, 5.41) is 4.59. The van der Waals surface area contributed by atoms with E-state index in [1.807, 2.05) is 11.6 Å². The Morgan fingerprint density at radius 2 is 2.08 bits per heavy atom. The lowest BCUT2D eigenvalue weighted by atomic mass is 9.95. The number of rotatable bonds is 6. The smallest absolute Gasteiger partial charge is 0.318 e. The van der Waals surface area contributed by atoms with Crippen LogP contribution in [0.15, 0.2) is 6.07 Å². The van der Waals surface area contributed by atoms with E-state index in [0.717, 1.165) is 54.1 Å². The molecule has 3 atom stereocenters. The third-order valence-corrected chi connectivity index (χ3v) is 12.0. The Morgan fingerprint density at radius 1 is 1.27 bits per heavy atom. The molecule has 0 aliphatic carbocycles. The predicted octanol–water partition coefficient (Wildman–Crippen LogP) is 5.33. The largest absolute Gasteiger partial charge is 0.461 e. The van der Waals surface area contributed by atoms with Crippen LogP contribution in [-0.2, 0) is 25.3 Å². The Labute approximate surface area is 294 Å². The summed E-state index contributed by atoms with van der Waals surface area (Å²) in [6.07, 6.45) is 2.58. The molecule has 260 valence electrons. The minimum Gasteiger partial charge on any atom is -0.461 e. The molecule has 4 aliphatic heterocycles. The van der Waals surface area contributed by atoms with Crippen LogP contribution in [-0.4, -0.2) is 87.5 Å². The normalized spacial score (nSPS) is 23.3. The van der Waals surface area contributed by atoms with Gasteiger partial charge in [0.2, 0.25) is 0 Å². The van der Waals surface area contributed by atoms with Gasteiger partial charge in [-0.3, -0.25) is 14.4 Å². The van der Waals surface area contributed by atoms with Gasteiger partial charge in [0, 0.05) is 79.8 Å². The Kier molecular flexibility index (Phi) is 9.17. The minimum atomic E-state index is -0.878. The van der Waals surface area contributed by atoms with E-state index in [9.17, 15) is 9.18 Å². The van der Waals surface area contributed by atoms with E-state index < -0.39 is 12.0 Å². The van der Waals surface area contributed by atoms with E-state index in [1.54, 1.807) is 37.7 Å². The fourth-order valence-corrected chi connectivity index (χ4v) is 9.52. The Balaban J connectivity index is 1.27. The van der Waals surface area contributed by atoms with Gasteiger partial charge in [0.25, 0.3) is 5.91 Å². The molecule has 3 aromatic rings. The first kappa shape index (κ1) is 33.9. The number of halogens is 3. The highest BCUT2D eigenvalue weighted by Gasteiger charge is 2.49. The molecule has 1 unspecified atom stereocenters. The Morgan fingerprint density at radius 3 is 2.86 bits per heavy atom. The molecule has 6 heterocycles. The van der Waals surface area contributed by atoms with E-state index in [0.29, 0.717) is 68.2 Å². The number of hydrogen-bond donors (Lipinski definition) is 1. The second kappa shape index (κ2) is 13.3. The van der Waals surface area contributed by atoms with Crippen molar-refractivity contribution in [2.75, 3.05) is 51.0 Å². The molecule has 2 saturated heterocycles. The zero-order chi connectivity index (χ0) is 34.6. The zero-order valence-electron chi connectivity index (χ0n) is 28.3. The van der Waals surface area contributed by atoms with Crippen molar-refractivity contribution in [2.45, 2.75) is 81.8 Å². The first-order valence-corrected chi connectivity index (χ1v) is 18.2. The number of carbonyl (C=O) groups excluding carboxylic acids is 1. The van der Waals surface area contributed by atoms with Gasteiger partial charge in [0.1, 0.15) is 18.6 Å². The number of nitrogens with zero attached hydrogens (tertiary/aromatic N) is 7. The van der Waals surface area contributed by atoms with Gasteiger partial charge >= 0.3 is 6.01 Å². The van der Waals surface area contributed by atoms with Crippen molar-refractivity contribution in [1.29, 1.82) is 0 Å². The summed E-state index contributed by atoms with van der Waals surface area (Å²) in [7, 11) is 3.45. The van der Waals surface area contributed by atoms with Crippen molar-refractivity contribution in [2.24, 2.45) is 0 Å². The van der Waals surface area contributed by atoms with Crippen LogP contribution in [0.1, 0.15) is 82.0 Å². The van der Waals surface area contributed by atoms with Crippen LogP contribution in [0.5, 0.6) is 6.01 Å². The van der Waals surface area contributed by atoms with Gasteiger partial charge in [-0.1, -0.05) is 17.5 Å². The van der Waals surface area contributed by atoms with Crippen molar-refractivity contribution in [3.8, 4) is 17.9 Å². The molecule has 0 saturated carbocycles. The lowest BCUT2D eigenvalue weighted by Gasteiger charge is -2.32. The summed E-state index contributed by atoms with van der Waals surface area (Å²) in [6, 6.07) is 1.70. The van der Waals surface area contributed by atoms with E-state index in [-0.39, 0.29) is 33.4 Å². The Bertz CT molecular complexity index is 1880. The lowest BCUT2D eigenvalue weighted by Crippen LogP contribution is -2.43. The maximum Gasteiger partial charge on any atom is 0.318 e. The third kappa shape index (κ3) is 6.10. The second-order valence-electron chi connectivity index (χ2n) is 13.7. The monoisotopic (exact) mass is 710 g/mol. The molecule has 1 amide bonds. The van der Waals surface area contributed by atoms with Crippen LogP contribution < -0.4 is 15.4 Å². The van der Waals surface area contributed by atoms with Crippen LogP contribution in [0.3, 0.4) is 0 Å². The van der Waals surface area contributed by atoms with Crippen LogP contribution in [0.4, 0.5) is 20.3 Å². The zero-order valence-corrected chi connectivity index (χ0v) is 29.9. The highest BCUT2D eigenvalue weighted by atomic mass is 35.5. The van der Waals surface area contributed by atoms with E-state index in [1.165, 1.54) is 6.07 Å². The summed E-state index contributed by atoms with van der Waals surface area (Å²) < 4.78 is 38.6. The van der Waals surface area contributed by atoms with E-state index >= 15 is 4.39 Å². The summed E-state index contributed by atoms with van der Waals surface area (Å²) in [5.74, 6) is 6.36. The number of nitrogen functional groups attached to an aromatic ring is 1. The van der Waals surface area contributed by atoms with E-state index in [2.05, 4.69) is 21.6 Å². The molecule has 2 aromatic heterocycles. The van der Waals surface area contributed by atoms with Gasteiger partial charge in [0.15, 0.2) is 11.5 Å². The molecular formula is C35H41ClF2N8O2S. The molecule has 49 heavy (non-hydrogen) atoms. The molecule has 0 radical (unpaired) electrons. The van der Waals surface area contributed by atoms with Gasteiger partial charge in [0.05, 0.1) is 34.2 Å². The van der Waals surface area contributed by atoms with Crippen LogP contribution in [0.2, 0.25) is 5.02 Å². The number of hydrogen-bond acceptors (Lipinski definition) is 9. The average molecular weight is 711 g/mol. The molecule has 1 aromatic carbocycles. The molecular weight excluding hydrogens is 670 g/mol. The topological polar surface area (TPSA) is 106 Å². The van der Waals surface area contributed by atoms with Crippen LogP contribution in [0, 0.1) is 24.6 Å². The number of carbonyl (C=O) groups is 1. The molecule has 0 bridgehead atoms. The van der Waals surface area contributed by atoms with Gasteiger partial charge in [-0.2, -0.15) is 15.1 Å². The SMILES string of the molecule is CC#Cc1cc(N)c(F)c(C2Cc3nc(OC[C@@]45CCCN4C[C@H](F)C5)nc(N4CCCn5nc(C(=O)N(C)C)c(C)c5C4)c3CS2)c1Cl. The first-order valence-electron chi connectivity index (χ1n) is 16.8. The van der Waals surface area contributed by atoms with Crippen molar-refractivity contribution in [1.82, 2.24) is 29.5 Å². The molecule has 10 nitrogen and oxygen atoms in total. The predicted molar refractivity (Wildman–Crippen MR) is 187 cm³/mol. The van der Waals surface area contributed by atoms with Gasteiger partial charge < -0.3 is 20.3 Å². The number of aromatic nitrogens is 4. The molecule has 4 aliphatic rings. The number of aryl methyl sites for hydroxylation is 1.